The fraction of sp³-hybridized carbons (Fsp3) is 1.00. The van der Waals surface area contributed by atoms with Crippen LogP contribution in [0, 0.1) is 0 Å². The van der Waals surface area contributed by atoms with Crippen molar-refractivity contribution in [3.05, 3.63) is 0 Å². The third-order valence-electron chi connectivity index (χ3n) is 1.23. The minimum atomic E-state index is -3.64. The predicted octanol–water partition coefficient (Wildman–Crippen LogP) is 3.43. The van der Waals surface area contributed by atoms with Gasteiger partial charge in [0.1, 0.15) is 0 Å². The van der Waals surface area contributed by atoms with Crippen LogP contribution in [0.2, 0.25) is 0 Å². The Kier molecular flexibility index (Phi) is 12.9. The number of rotatable bonds is 1. The molecule has 0 saturated carbocycles. The summed E-state index contributed by atoms with van der Waals surface area (Å²) in [5, 5.41) is 0. The van der Waals surface area contributed by atoms with Gasteiger partial charge in [-0.15, -0.1) is 24.0 Å². The first-order valence-electron chi connectivity index (χ1n) is 3.51. The summed E-state index contributed by atoms with van der Waals surface area (Å²) in [7, 11) is -3.64. The van der Waals surface area contributed by atoms with E-state index in [-0.39, 0.29) is 24.0 Å². The third-order valence-corrected chi connectivity index (χ3v) is 7.03. The van der Waals surface area contributed by atoms with Crippen LogP contribution < -0.4 is 0 Å². The first-order chi connectivity index (χ1) is 4.94. The number of halogens is 2. The van der Waals surface area contributed by atoms with Gasteiger partial charge in [-0.2, -0.15) is 0 Å². The van der Waals surface area contributed by atoms with Crippen molar-refractivity contribution in [2.75, 3.05) is 20.0 Å². The molecule has 13 heavy (non-hydrogen) atoms. The van der Waals surface area contributed by atoms with Crippen LogP contribution in [0.15, 0.2) is 0 Å². The van der Waals surface area contributed by atoms with Gasteiger partial charge in [-0.05, 0) is 13.8 Å². The first kappa shape index (κ1) is 20.5. The van der Waals surface area contributed by atoms with Crippen LogP contribution in [0.5, 0.6) is 0 Å². The predicted molar refractivity (Wildman–Crippen MR) is 81.3 cm³/mol. The largest absolute Gasteiger partial charge is 0.325 e. The lowest BCUT2D eigenvalue weighted by Crippen LogP contribution is -1.94. The van der Waals surface area contributed by atoms with E-state index in [9.17, 15) is 4.57 Å². The van der Waals surface area contributed by atoms with Crippen molar-refractivity contribution >= 4 is 58.5 Å². The number of hydrogen-bond acceptors (Lipinski definition) is 1. The van der Waals surface area contributed by atoms with Gasteiger partial charge in [0.25, 0.3) is 0 Å². The van der Waals surface area contributed by atoms with Crippen molar-refractivity contribution in [2.24, 2.45) is 0 Å². The molecular weight excluding hydrogens is 436 g/mol. The summed E-state index contributed by atoms with van der Waals surface area (Å²) in [4.78, 5) is 14.7. The van der Waals surface area contributed by atoms with Crippen molar-refractivity contribution in [1.29, 1.82) is 0 Å². The molecular formula is C6H19I2O3P2+. The van der Waals surface area contributed by atoms with Crippen LogP contribution in [0.1, 0.15) is 13.8 Å². The van der Waals surface area contributed by atoms with E-state index >= 15 is 0 Å². The van der Waals surface area contributed by atoms with Crippen molar-refractivity contribution in [2.45, 2.75) is 19.5 Å². The molecule has 0 fully saturated rings. The molecule has 0 aliphatic carbocycles. The second-order valence-electron chi connectivity index (χ2n) is 3.33. The molecule has 0 aromatic heterocycles. The minimum absolute atomic E-state index is 0. The quantitative estimate of drug-likeness (QED) is 0.471. The molecule has 0 atom stereocenters. The zero-order valence-corrected chi connectivity index (χ0v) is 14.8. The smallest absolute Gasteiger partial charge is 0.322 e. The van der Waals surface area contributed by atoms with E-state index in [2.05, 4.69) is 49.2 Å². The molecule has 0 spiro atoms. The summed E-state index contributed by atoms with van der Waals surface area (Å²) >= 11 is 2.58. The van der Waals surface area contributed by atoms with Crippen LogP contribution in [0.4, 0.5) is 0 Å². The Morgan fingerprint density at radius 2 is 1.38 bits per heavy atom. The molecule has 0 rings (SSSR count). The van der Waals surface area contributed by atoms with Crippen LogP contribution in [0.3, 0.4) is 0 Å². The fourth-order valence-corrected chi connectivity index (χ4v) is 0. The second-order valence-corrected chi connectivity index (χ2v) is 16.3. The topological polar surface area (TPSA) is 57.5 Å². The van der Waals surface area contributed by atoms with Crippen LogP contribution in [-0.4, -0.2) is 35.4 Å². The van der Waals surface area contributed by atoms with E-state index in [0.717, 1.165) is 12.3 Å². The molecule has 0 radical (unpaired) electrons. The molecule has 0 aliphatic rings. The van der Waals surface area contributed by atoms with Crippen LogP contribution in [0.25, 0.3) is 0 Å². The summed E-state index contributed by atoms with van der Waals surface area (Å²) < 4.78 is 9.33. The molecule has 0 aromatic rings. The summed E-state index contributed by atoms with van der Waals surface area (Å²) in [6, 6.07) is 0. The zero-order valence-electron chi connectivity index (χ0n) is 8.56. The van der Waals surface area contributed by atoms with Crippen LogP contribution >= 0.6 is 58.5 Å². The van der Waals surface area contributed by atoms with E-state index < -0.39 is 12.5 Å². The Morgan fingerprint density at radius 1 is 1.31 bits per heavy atom. The molecule has 7 heteroatoms. The summed E-state index contributed by atoms with van der Waals surface area (Å²) in [5.41, 5.74) is 0.896. The monoisotopic (exact) mass is 455 g/mol. The standard InChI is InChI=1S/C5H13IP.CH5O3P.HI/c1-5(2)7(3,4)6;1-5(2,3)4;/h5H,1-4H3;1H3,(H2,2,3,4);1H/q+1;;. The molecule has 0 amide bonds. The van der Waals surface area contributed by atoms with Crippen molar-refractivity contribution in [1.82, 2.24) is 0 Å². The van der Waals surface area contributed by atoms with Gasteiger partial charge in [-0.1, -0.05) is 0 Å². The fourth-order valence-electron chi connectivity index (χ4n) is 0. The highest BCUT2D eigenvalue weighted by molar-refractivity contribution is 14.2. The average molecular weight is 455 g/mol. The van der Waals surface area contributed by atoms with Gasteiger partial charge >= 0.3 is 7.60 Å². The van der Waals surface area contributed by atoms with Crippen LogP contribution in [-0.2, 0) is 4.57 Å². The lowest BCUT2D eigenvalue weighted by molar-refractivity contribution is 0.381. The maximum Gasteiger partial charge on any atom is 0.322 e. The Labute approximate surface area is 111 Å². The molecule has 0 aliphatic heterocycles. The molecule has 3 nitrogen and oxygen atoms in total. The SMILES string of the molecule is CC(C)[P+](C)(C)I.CP(=O)(O)O.I. The summed E-state index contributed by atoms with van der Waals surface area (Å²) in [5.74, 6) is 0. The Morgan fingerprint density at radius 3 is 1.38 bits per heavy atom. The summed E-state index contributed by atoms with van der Waals surface area (Å²) in [6.07, 6.45) is 0. The van der Waals surface area contributed by atoms with E-state index in [1.165, 1.54) is 0 Å². The van der Waals surface area contributed by atoms with Crippen molar-refractivity contribution in [3.63, 3.8) is 0 Å². The molecule has 0 aromatic carbocycles. The minimum Gasteiger partial charge on any atom is -0.325 e. The molecule has 2 N–H and O–H groups in total. The van der Waals surface area contributed by atoms with Gasteiger partial charge in [-0.3, -0.25) is 4.57 Å². The summed E-state index contributed by atoms with van der Waals surface area (Å²) in [6.45, 7) is 10.2. The van der Waals surface area contributed by atoms with Crippen molar-refractivity contribution in [3.8, 4) is 0 Å². The second kappa shape index (κ2) is 8.22. The lowest BCUT2D eigenvalue weighted by atomic mass is 10.6. The lowest BCUT2D eigenvalue weighted by Gasteiger charge is -2.11. The molecule has 0 heterocycles. The van der Waals surface area contributed by atoms with Gasteiger partial charge in [0.05, 0.1) is 23.9 Å². The number of hydrogen-bond donors (Lipinski definition) is 2. The average Bonchev–Trinajstić information content (AvgIpc) is 1.55. The van der Waals surface area contributed by atoms with Gasteiger partial charge in [0, 0.05) is 6.66 Å². The highest BCUT2D eigenvalue weighted by Gasteiger charge is 2.24. The van der Waals surface area contributed by atoms with Gasteiger partial charge < -0.3 is 9.79 Å². The van der Waals surface area contributed by atoms with Gasteiger partial charge in [0.2, 0.25) is 0 Å². The maximum atomic E-state index is 9.33. The maximum absolute atomic E-state index is 9.33. The Balaban J connectivity index is -0.000000150. The molecule has 0 unspecified atom stereocenters. The Hall–Kier alpha value is 2.04. The highest BCUT2D eigenvalue weighted by Crippen LogP contribution is 2.63. The van der Waals surface area contributed by atoms with Crippen molar-refractivity contribution < 1.29 is 14.4 Å². The molecule has 0 saturated heterocycles. The highest BCUT2D eigenvalue weighted by atomic mass is 127. The van der Waals surface area contributed by atoms with Gasteiger partial charge in [-0.25, -0.2) is 0 Å². The molecule has 0 bridgehead atoms. The van der Waals surface area contributed by atoms with E-state index in [0.29, 0.717) is 0 Å². The van der Waals surface area contributed by atoms with E-state index in [1.54, 1.807) is 0 Å². The first-order valence-corrected chi connectivity index (χ1v) is 11.1. The normalized spacial score (nSPS) is 11.5. The zero-order chi connectivity index (χ0) is 10.6. The van der Waals surface area contributed by atoms with E-state index in [4.69, 9.17) is 9.79 Å². The van der Waals surface area contributed by atoms with Gasteiger partial charge in [0.15, 0.2) is 22.0 Å². The Bertz CT molecular complexity index is 153. The molecule has 84 valence electrons. The van der Waals surface area contributed by atoms with E-state index in [1.807, 2.05) is 0 Å². The third kappa shape index (κ3) is 31.5.